The number of fused-ring (bicyclic) bond motifs is 1. The van der Waals surface area contributed by atoms with Gasteiger partial charge in [-0.05, 0) is 6.42 Å². The summed E-state index contributed by atoms with van der Waals surface area (Å²) in [4.78, 5) is 34.7. The average molecular weight is 373 g/mol. The van der Waals surface area contributed by atoms with Crippen LogP contribution in [0, 0.1) is 0 Å². The van der Waals surface area contributed by atoms with Crippen LogP contribution in [0.4, 0.5) is 14.6 Å². The van der Waals surface area contributed by atoms with Gasteiger partial charge in [0.05, 0.1) is 5.52 Å². The standard InChI is InChI=1S/C18H17F2N5O2/c1-4-12-5-16(24-17(23-12)18(3,19)20)25-8-11(9-26)13-7-21-15(6-14(13)25)22-10(2)27/h5-9H,4H2,1-3H3,(H,21,22,27). The third-order valence-electron chi connectivity index (χ3n) is 3.92. The van der Waals surface area contributed by atoms with Gasteiger partial charge in [-0.15, -0.1) is 0 Å². The zero-order valence-corrected chi connectivity index (χ0v) is 15.0. The number of hydrogen-bond donors (Lipinski definition) is 1. The first-order valence-electron chi connectivity index (χ1n) is 8.23. The Labute approximate surface area is 153 Å². The number of amides is 1. The summed E-state index contributed by atoms with van der Waals surface area (Å²) < 4.78 is 29.1. The molecule has 0 saturated carbocycles. The zero-order valence-electron chi connectivity index (χ0n) is 15.0. The Morgan fingerprint density at radius 1 is 1.33 bits per heavy atom. The Hall–Kier alpha value is -3.23. The Bertz CT molecular complexity index is 1040. The summed E-state index contributed by atoms with van der Waals surface area (Å²) in [6.45, 7) is 3.87. The molecule has 3 heterocycles. The maximum absolute atomic E-state index is 13.8. The summed E-state index contributed by atoms with van der Waals surface area (Å²) in [6, 6.07) is 3.14. The van der Waals surface area contributed by atoms with Crippen molar-refractivity contribution in [1.82, 2.24) is 19.5 Å². The van der Waals surface area contributed by atoms with Crippen LogP contribution in [0.15, 0.2) is 24.5 Å². The molecule has 9 heteroatoms. The monoisotopic (exact) mass is 373 g/mol. The summed E-state index contributed by atoms with van der Waals surface area (Å²) in [5.41, 5.74) is 1.28. The summed E-state index contributed by atoms with van der Waals surface area (Å²) in [7, 11) is 0. The Morgan fingerprint density at radius 2 is 2.07 bits per heavy atom. The van der Waals surface area contributed by atoms with Crippen LogP contribution in [0.2, 0.25) is 0 Å². The Kier molecular flexibility index (Phi) is 4.69. The van der Waals surface area contributed by atoms with Crippen molar-refractivity contribution in [3.05, 3.63) is 41.6 Å². The molecule has 27 heavy (non-hydrogen) atoms. The number of aldehydes is 1. The molecule has 0 aromatic carbocycles. The van der Waals surface area contributed by atoms with E-state index in [0.29, 0.717) is 34.9 Å². The molecule has 0 aliphatic carbocycles. The maximum atomic E-state index is 13.8. The number of carbonyl (C=O) groups is 2. The predicted octanol–water partition coefficient (Wildman–Crippen LogP) is 3.26. The van der Waals surface area contributed by atoms with Crippen molar-refractivity contribution in [3.8, 4) is 5.82 Å². The quantitative estimate of drug-likeness (QED) is 0.694. The van der Waals surface area contributed by atoms with Crippen molar-refractivity contribution in [2.75, 3.05) is 5.32 Å². The fourth-order valence-electron chi connectivity index (χ4n) is 2.66. The molecule has 0 bridgehead atoms. The molecule has 0 unspecified atom stereocenters. The van der Waals surface area contributed by atoms with Crippen LogP contribution >= 0.6 is 0 Å². The van der Waals surface area contributed by atoms with Gasteiger partial charge in [0.25, 0.3) is 0 Å². The maximum Gasteiger partial charge on any atom is 0.303 e. The van der Waals surface area contributed by atoms with E-state index in [-0.39, 0.29) is 17.5 Å². The lowest BCUT2D eigenvalue weighted by Crippen LogP contribution is -2.16. The van der Waals surface area contributed by atoms with Gasteiger partial charge in [-0.2, -0.15) is 8.78 Å². The number of aryl methyl sites for hydroxylation is 1. The van der Waals surface area contributed by atoms with Gasteiger partial charge in [0.1, 0.15) is 11.6 Å². The minimum absolute atomic E-state index is 0.205. The number of anilines is 1. The van der Waals surface area contributed by atoms with E-state index in [9.17, 15) is 18.4 Å². The molecule has 3 rings (SSSR count). The number of aromatic nitrogens is 4. The molecule has 0 aliphatic heterocycles. The van der Waals surface area contributed by atoms with Gasteiger partial charge in [-0.1, -0.05) is 6.92 Å². The fraction of sp³-hybridized carbons (Fsp3) is 0.278. The molecule has 0 atom stereocenters. The third-order valence-corrected chi connectivity index (χ3v) is 3.92. The van der Waals surface area contributed by atoms with Crippen molar-refractivity contribution >= 4 is 28.9 Å². The second-order valence-corrected chi connectivity index (χ2v) is 6.12. The number of nitrogens with one attached hydrogen (secondary N) is 1. The van der Waals surface area contributed by atoms with Gasteiger partial charge in [0, 0.05) is 55.0 Å². The molecule has 3 aromatic rings. The highest BCUT2D eigenvalue weighted by Gasteiger charge is 2.29. The zero-order chi connectivity index (χ0) is 19.8. The molecule has 1 amide bonds. The smallest absolute Gasteiger partial charge is 0.303 e. The molecule has 0 saturated heterocycles. The Balaban J connectivity index is 2.27. The molecule has 0 radical (unpaired) electrons. The Morgan fingerprint density at radius 3 is 2.67 bits per heavy atom. The van der Waals surface area contributed by atoms with E-state index < -0.39 is 11.7 Å². The minimum atomic E-state index is -3.21. The summed E-state index contributed by atoms with van der Waals surface area (Å²) in [5.74, 6) is -3.63. The lowest BCUT2D eigenvalue weighted by atomic mass is 10.2. The normalized spacial score (nSPS) is 11.6. The summed E-state index contributed by atoms with van der Waals surface area (Å²) in [5, 5.41) is 3.07. The van der Waals surface area contributed by atoms with Crippen LogP contribution in [0.5, 0.6) is 0 Å². The van der Waals surface area contributed by atoms with Crippen LogP contribution in [-0.4, -0.2) is 31.7 Å². The highest BCUT2D eigenvalue weighted by molar-refractivity contribution is 5.99. The SMILES string of the molecule is CCc1cc(-n2cc(C=O)c3cnc(NC(C)=O)cc32)nc(C(C)(F)F)n1. The van der Waals surface area contributed by atoms with Crippen molar-refractivity contribution < 1.29 is 18.4 Å². The molecule has 0 spiro atoms. The number of alkyl halides is 2. The van der Waals surface area contributed by atoms with E-state index in [0.717, 1.165) is 6.92 Å². The lowest BCUT2D eigenvalue weighted by molar-refractivity contribution is -0.114. The van der Waals surface area contributed by atoms with E-state index in [4.69, 9.17) is 0 Å². The van der Waals surface area contributed by atoms with Gasteiger partial charge in [0.15, 0.2) is 6.29 Å². The van der Waals surface area contributed by atoms with E-state index in [2.05, 4.69) is 20.3 Å². The fourth-order valence-corrected chi connectivity index (χ4v) is 2.66. The van der Waals surface area contributed by atoms with Gasteiger partial charge < -0.3 is 9.88 Å². The first kappa shape index (κ1) is 18.6. The third kappa shape index (κ3) is 3.67. The molecule has 3 aromatic heterocycles. The number of pyridine rings is 1. The van der Waals surface area contributed by atoms with Gasteiger partial charge in [0.2, 0.25) is 11.7 Å². The van der Waals surface area contributed by atoms with Gasteiger partial charge in [-0.3, -0.25) is 9.59 Å². The highest BCUT2D eigenvalue weighted by atomic mass is 19.3. The van der Waals surface area contributed by atoms with Crippen molar-refractivity contribution in [3.63, 3.8) is 0 Å². The number of nitrogens with zero attached hydrogens (tertiary/aromatic N) is 4. The number of halogens is 2. The molecule has 7 nitrogen and oxygen atoms in total. The molecule has 1 N–H and O–H groups in total. The van der Waals surface area contributed by atoms with E-state index in [1.54, 1.807) is 19.1 Å². The van der Waals surface area contributed by atoms with Crippen LogP contribution in [0.3, 0.4) is 0 Å². The molecule has 0 aliphatic rings. The molecule has 0 fully saturated rings. The predicted molar refractivity (Wildman–Crippen MR) is 95.3 cm³/mol. The summed E-state index contributed by atoms with van der Waals surface area (Å²) in [6.07, 6.45) is 4.03. The second-order valence-electron chi connectivity index (χ2n) is 6.12. The first-order chi connectivity index (χ1) is 12.7. The molecule has 140 valence electrons. The van der Waals surface area contributed by atoms with Crippen molar-refractivity contribution in [2.45, 2.75) is 33.1 Å². The van der Waals surface area contributed by atoms with Gasteiger partial charge >= 0.3 is 5.92 Å². The lowest BCUT2D eigenvalue weighted by Gasteiger charge is -2.13. The minimum Gasteiger partial charge on any atom is -0.311 e. The molecular formula is C18H17F2N5O2. The van der Waals surface area contributed by atoms with E-state index in [1.807, 2.05) is 0 Å². The first-order valence-corrected chi connectivity index (χ1v) is 8.23. The van der Waals surface area contributed by atoms with E-state index >= 15 is 0 Å². The van der Waals surface area contributed by atoms with Crippen molar-refractivity contribution in [2.24, 2.45) is 0 Å². The van der Waals surface area contributed by atoms with Crippen LogP contribution in [0.1, 0.15) is 42.6 Å². The van der Waals surface area contributed by atoms with E-state index in [1.165, 1.54) is 23.9 Å². The highest BCUT2D eigenvalue weighted by Crippen LogP contribution is 2.28. The summed E-state index contributed by atoms with van der Waals surface area (Å²) >= 11 is 0. The average Bonchev–Trinajstić information content (AvgIpc) is 2.98. The second kappa shape index (κ2) is 6.82. The topological polar surface area (TPSA) is 89.8 Å². The molecular weight excluding hydrogens is 356 g/mol. The van der Waals surface area contributed by atoms with Crippen molar-refractivity contribution in [1.29, 1.82) is 0 Å². The van der Waals surface area contributed by atoms with Gasteiger partial charge in [-0.25, -0.2) is 15.0 Å². The van der Waals surface area contributed by atoms with Crippen LogP contribution in [-0.2, 0) is 17.1 Å². The number of rotatable bonds is 5. The number of hydrogen-bond acceptors (Lipinski definition) is 5. The number of carbonyl (C=O) groups excluding carboxylic acids is 2. The van der Waals surface area contributed by atoms with Crippen LogP contribution in [0.25, 0.3) is 16.7 Å². The van der Waals surface area contributed by atoms with Crippen LogP contribution < -0.4 is 5.32 Å². The largest absolute Gasteiger partial charge is 0.311 e.